The first-order valence-electron chi connectivity index (χ1n) is 8.07. The van der Waals surface area contributed by atoms with Crippen molar-refractivity contribution in [3.8, 4) is 0 Å². The topological polar surface area (TPSA) is 82.2 Å². The Kier molecular flexibility index (Phi) is 4.59. The van der Waals surface area contributed by atoms with Crippen molar-refractivity contribution in [2.45, 2.75) is 23.5 Å². The third-order valence-corrected chi connectivity index (χ3v) is 5.46. The second-order valence-corrected chi connectivity index (χ2v) is 7.65. The molecule has 3 aromatic heterocycles. The predicted octanol–water partition coefficient (Wildman–Crippen LogP) is 2.46. The van der Waals surface area contributed by atoms with Gasteiger partial charge in [-0.05, 0) is 30.7 Å². The molecule has 0 bridgehead atoms. The average molecular weight is 400 g/mol. The quantitative estimate of drug-likeness (QED) is 0.492. The van der Waals surface area contributed by atoms with Crippen LogP contribution in [0.2, 0.25) is 5.15 Å². The number of pyridine rings is 1. The summed E-state index contributed by atoms with van der Waals surface area (Å²) in [6, 6.07) is 13.9. The lowest BCUT2D eigenvalue weighted by Gasteiger charge is -2.11. The number of nitrogens with zero attached hydrogens (tertiary/aromatic N) is 5. The van der Waals surface area contributed by atoms with Crippen LogP contribution in [0.1, 0.15) is 11.3 Å². The van der Waals surface area contributed by atoms with Crippen LogP contribution in [0.15, 0.2) is 69.6 Å². The van der Waals surface area contributed by atoms with Crippen LogP contribution < -0.4 is 5.56 Å². The fraction of sp³-hybridized carbons (Fsp3) is 0.111. The van der Waals surface area contributed by atoms with Crippen molar-refractivity contribution in [3.05, 3.63) is 81.5 Å². The largest absolute Gasteiger partial charge is 0.310 e. The number of halogens is 1. The van der Waals surface area contributed by atoms with Gasteiger partial charge in [0, 0.05) is 22.9 Å². The lowest BCUT2D eigenvalue weighted by atomic mass is 10.3. The molecular formula is C18H14ClN5O2S. The highest BCUT2D eigenvalue weighted by molar-refractivity contribution is 7.84. The summed E-state index contributed by atoms with van der Waals surface area (Å²) in [6.07, 6.45) is 1.66. The summed E-state index contributed by atoms with van der Waals surface area (Å²) in [5, 5.41) is 4.68. The maximum Gasteiger partial charge on any atom is 0.275 e. The van der Waals surface area contributed by atoms with Gasteiger partial charge >= 0.3 is 0 Å². The van der Waals surface area contributed by atoms with Crippen LogP contribution in [0.4, 0.5) is 0 Å². The lowest BCUT2D eigenvalue weighted by molar-refractivity contribution is 0.674. The van der Waals surface area contributed by atoms with Crippen LogP contribution in [0, 0.1) is 6.92 Å². The van der Waals surface area contributed by atoms with Crippen LogP contribution >= 0.6 is 11.6 Å². The summed E-state index contributed by atoms with van der Waals surface area (Å²) in [6.45, 7) is 2.24. The minimum absolute atomic E-state index is 0.0897. The zero-order chi connectivity index (χ0) is 19.0. The maximum absolute atomic E-state index is 12.8. The van der Waals surface area contributed by atoms with Gasteiger partial charge in [0.05, 0.1) is 6.54 Å². The van der Waals surface area contributed by atoms with Gasteiger partial charge in [-0.2, -0.15) is 9.50 Å². The van der Waals surface area contributed by atoms with Gasteiger partial charge in [0.1, 0.15) is 16.0 Å². The van der Waals surface area contributed by atoms with E-state index in [1.165, 1.54) is 10.6 Å². The molecule has 9 heteroatoms. The highest BCUT2D eigenvalue weighted by Crippen LogP contribution is 2.15. The molecule has 0 spiro atoms. The molecule has 136 valence electrons. The van der Waals surface area contributed by atoms with Crippen molar-refractivity contribution in [1.29, 1.82) is 0 Å². The van der Waals surface area contributed by atoms with Gasteiger partial charge in [0.15, 0.2) is 0 Å². The first kappa shape index (κ1) is 17.6. The van der Waals surface area contributed by atoms with Gasteiger partial charge < -0.3 is 4.57 Å². The van der Waals surface area contributed by atoms with Crippen LogP contribution in [0.3, 0.4) is 0 Å². The molecule has 27 heavy (non-hydrogen) atoms. The van der Waals surface area contributed by atoms with Gasteiger partial charge in [0.2, 0.25) is 10.9 Å². The Morgan fingerprint density at radius 2 is 1.93 bits per heavy atom. The van der Waals surface area contributed by atoms with E-state index >= 15 is 0 Å². The fourth-order valence-electron chi connectivity index (χ4n) is 2.69. The van der Waals surface area contributed by atoms with E-state index in [4.69, 9.17) is 11.6 Å². The molecule has 3 heterocycles. The van der Waals surface area contributed by atoms with Crippen molar-refractivity contribution in [3.63, 3.8) is 0 Å². The number of hydrogen-bond donors (Lipinski definition) is 0. The second kappa shape index (κ2) is 7.05. The van der Waals surface area contributed by atoms with E-state index in [1.807, 2.05) is 23.6 Å². The number of aryl methyl sites for hydroxylation is 1. The first-order chi connectivity index (χ1) is 13.0. The SMILES string of the molecule is Cc1cc(=O)n2nc(S(=O)c3ccccc3)nc2n1Cc1ccc(Cl)nc1. The fourth-order valence-corrected chi connectivity index (χ4v) is 3.74. The highest BCUT2D eigenvalue weighted by atomic mass is 35.5. The minimum Gasteiger partial charge on any atom is -0.310 e. The van der Waals surface area contributed by atoms with Crippen LogP contribution in [-0.2, 0) is 17.3 Å². The molecule has 0 amide bonds. The van der Waals surface area contributed by atoms with E-state index in [-0.39, 0.29) is 10.7 Å². The zero-order valence-electron chi connectivity index (χ0n) is 14.2. The average Bonchev–Trinajstić information content (AvgIpc) is 3.12. The van der Waals surface area contributed by atoms with Gasteiger partial charge in [-0.3, -0.25) is 4.79 Å². The molecule has 0 aliphatic carbocycles. The third-order valence-electron chi connectivity index (χ3n) is 4.03. The van der Waals surface area contributed by atoms with Gasteiger partial charge in [-0.1, -0.05) is 35.9 Å². The molecule has 4 aromatic rings. The van der Waals surface area contributed by atoms with Gasteiger partial charge in [0.25, 0.3) is 5.56 Å². The highest BCUT2D eigenvalue weighted by Gasteiger charge is 2.17. The van der Waals surface area contributed by atoms with Crippen molar-refractivity contribution in [2.75, 3.05) is 0 Å². The van der Waals surface area contributed by atoms with Crippen LogP contribution in [0.25, 0.3) is 5.78 Å². The summed E-state index contributed by atoms with van der Waals surface area (Å²) >= 11 is 5.84. The molecular weight excluding hydrogens is 386 g/mol. The second-order valence-electron chi connectivity index (χ2n) is 5.89. The zero-order valence-corrected chi connectivity index (χ0v) is 15.8. The Bertz CT molecular complexity index is 1200. The number of fused-ring (bicyclic) bond motifs is 1. The van der Waals surface area contributed by atoms with Crippen LogP contribution in [-0.4, -0.2) is 28.4 Å². The number of benzene rings is 1. The smallest absolute Gasteiger partial charge is 0.275 e. The Morgan fingerprint density at radius 3 is 2.63 bits per heavy atom. The van der Waals surface area contributed by atoms with Crippen molar-refractivity contribution in [1.82, 2.24) is 24.1 Å². The van der Waals surface area contributed by atoms with Gasteiger partial charge in [-0.25, -0.2) is 9.19 Å². The predicted molar refractivity (Wildman–Crippen MR) is 101 cm³/mol. The van der Waals surface area contributed by atoms with E-state index in [9.17, 15) is 9.00 Å². The molecule has 1 atom stereocenters. The summed E-state index contributed by atoms with van der Waals surface area (Å²) in [4.78, 5) is 21.4. The lowest BCUT2D eigenvalue weighted by Crippen LogP contribution is -2.20. The third kappa shape index (κ3) is 3.41. The summed E-state index contributed by atoms with van der Waals surface area (Å²) in [7, 11) is -1.58. The normalized spacial score (nSPS) is 12.4. The van der Waals surface area contributed by atoms with E-state index in [1.54, 1.807) is 36.5 Å². The Morgan fingerprint density at radius 1 is 1.15 bits per heavy atom. The van der Waals surface area contributed by atoms with Crippen LogP contribution in [0.5, 0.6) is 0 Å². The molecule has 0 radical (unpaired) electrons. The molecule has 0 aliphatic heterocycles. The van der Waals surface area contributed by atoms with Crippen molar-refractivity contribution < 1.29 is 4.21 Å². The molecule has 1 aromatic carbocycles. The summed E-state index contributed by atoms with van der Waals surface area (Å²) in [5.41, 5.74) is 1.28. The van der Waals surface area contributed by atoms with Crippen molar-refractivity contribution in [2.24, 2.45) is 0 Å². The Balaban J connectivity index is 1.82. The molecule has 0 fully saturated rings. The van der Waals surface area contributed by atoms with Gasteiger partial charge in [-0.15, -0.1) is 5.10 Å². The molecule has 1 unspecified atom stereocenters. The monoisotopic (exact) mass is 399 g/mol. The molecule has 0 aliphatic rings. The molecule has 0 saturated carbocycles. The van der Waals surface area contributed by atoms with E-state index in [0.29, 0.717) is 28.1 Å². The number of rotatable bonds is 4. The van der Waals surface area contributed by atoms with E-state index in [0.717, 1.165) is 5.56 Å². The Hall–Kier alpha value is -2.84. The molecule has 7 nitrogen and oxygen atoms in total. The first-order valence-corrected chi connectivity index (χ1v) is 9.60. The summed E-state index contributed by atoms with van der Waals surface area (Å²) < 4.78 is 15.8. The molecule has 0 saturated heterocycles. The minimum atomic E-state index is -1.58. The van der Waals surface area contributed by atoms with Crippen molar-refractivity contribution >= 4 is 28.2 Å². The number of hydrogen-bond acceptors (Lipinski definition) is 5. The summed E-state index contributed by atoms with van der Waals surface area (Å²) in [5.74, 6) is 0.328. The van der Waals surface area contributed by atoms with E-state index in [2.05, 4.69) is 15.1 Å². The maximum atomic E-state index is 12.8. The molecule has 4 rings (SSSR count). The molecule has 0 N–H and O–H groups in total. The Labute approximate surface area is 161 Å². The van der Waals surface area contributed by atoms with E-state index < -0.39 is 10.8 Å². The number of aromatic nitrogens is 5. The standard InChI is InChI=1S/C18H14ClN5O2S/c1-12-9-16(25)24-18(23(12)11-13-7-8-15(19)20-10-13)21-17(22-24)27(26)14-5-3-2-4-6-14/h2-10H,11H2,1H3.